The van der Waals surface area contributed by atoms with Crippen LogP contribution in [0.4, 0.5) is 0 Å². The number of Topliss-reactive ketones (excluding diaryl/α,β-unsaturated/α-hetero) is 4. The van der Waals surface area contributed by atoms with Gasteiger partial charge >= 0.3 is 11.9 Å². The zero-order valence-electron chi connectivity index (χ0n) is 47.3. The van der Waals surface area contributed by atoms with Gasteiger partial charge in [-0.05, 0) is 47.9 Å². The lowest BCUT2D eigenvalue weighted by atomic mass is 9.86. The van der Waals surface area contributed by atoms with Crippen LogP contribution in [-0.2, 0) is 79.9 Å². The van der Waals surface area contributed by atoms with Gasteiger partial charge in [0.1, 0.15) is 28.6 Å². The van der Waals surface area contributed by atoms with Crippen LogP contribution in [0, 0.1) is 23.7 Å². The van der Waals surface area contributed by atoms with E-state index in [0.29, 0.717) is 45.0 Å². The molecule has 28 heteroatoms. The van der Waals surface area contributed by atoms with Crippen molar-refractivity contribution in [3.63, 3.8) is 0 Å². The number of benzene rings is 1. The number of carboxylic acid groups (broad SMARTS) is 2. The summed E-state index contributed by atoms with van der Waals surface area (Å²) in [7, 11) is 0. The molecule has 10 N–H and O–H groups in total. The molecule has 1 fully saturated rings. The molecule has 5 heterocycles. The number of aliphatic hydroxyl groups is 1. The molecule has 0 radical (unpaired) electrons. The van der Waals surface area contributed by atoms with E-state index in [0.717, 1.165) is 40.2 Å². The van der Waals surface area contributed by atoms with Crippen molar-refractivity contribution in [1.29, 1.82) is 0 Å². The molecule has 1 aromatic heterocycles. The summed E-state index contributed by atoms with van der Waals surface area (Å²) < 4.78 is 5.49. The number of carbonyl (C=O) groups excluding carboxylic acids is 11. The van der Waals surface area contributed by atoms with Crippen molar-refractivity contribution >= 4 is 123 Å². The quantitative estimate of drug-likeness (QED) is 0.0835. The fraction of sp³-hybridized carbons (Fsp3) is 0.589. The fourth-order valence-corrected chi connectivity index (χ4v) is 13.7. The normalized spacial score (nSPS) is 24.2. The Labute approximate surface area is 497 Å². The standard InChI is InChI=1S/C56H74N8O17S3/c1-5-28(3)46-42(69)19-31-18-37-36-17-30(16-34(66)9-7-8-33(65)12-14-81-15-13-57-53(77)48-49(56(79)80)84-27-83-48)10-11-38(36)61-54(37)82-26-39(60-43(70)23-59-52(76)47(29(4)6-2)62-44(71)24-58-50(31)74)41(68)20-32(21-45(72)73)55(78)64-25-35(67)22-40(64)51(75)63-46/h10-11,17,28-29,31-32,35,39-40,46-47,61,67H,5-9,12-16,18-27H2,1-4H3,(H,57,77)(H,58,74)(H,59,76)(H,60,70)(H,62,71)(H,63,75)(H,72,73)(H,79,80)/t28?,29-,31+,32-,35+,39-,40-,46-,47-/m0/s1. The Balaban J connectivity index is 1.30. The SMILES string of the molecule is CCC(C)[C@@H]1NC(=O)[C@@H]2C[C@@H](O)CN2C(=O)[C@H](CC(=O)O)CC(=O)[C@@H]2CSc3[nH]c4ccc(CC(=O)CCCC(=O)CCOCCNC(=O)C5=C(C(=O)O)SCS5)cc4c3C[C@H](CC1=O)C(=O)NCC(=O)N[C@@H]([C@@H](C)CC)C(=O)NCC(=O)N2. The number of rotatable bonds is 20. The van der Waals surface area contributed by atoms with Crippen molar-refractivity contribution in [3.8, 4) is 0 Å². The van der Waals surface area contributed by atoms with E-state index in [9.17, 15) is 77.6 Å². The summed E-state index contributed by atoms with van der Waals surface area (Å²) in [6.07, 6.45) is -2.70. The van der Waals surface area contributed by atoms with Crippen molar-refractivity contribution < 1.29 is 82.4 Å². The number of thioether (sulfide) groups is 3. The van der Waals surface area contributed by atoms with Gasteiger partial charge in [0.15, 0.2) is 11.6 Å². The zero-order chi connectivity index (χ0) is 61.4. The third kappa shape index (κ3) is 18.4. The van der Waals surface area contributed by atoms with Crippen molar-refractivity contribution in [3.05, 3.63) is 39.1 Å². The van der Waals surface area contributed by atoms with Gasteiger partial charge in [-0.25, -0.2) is 4.79 Å². The third-order valence-corrected chi connectivity index (χ3v) is 18.9. The summed E-state index contributed by atoms with van der Waals surface area (Å²) in [6.45, 7) is 5.53. The molecule has 2 aromatic rings. The zero-order valence-corrected chi connectivity index (χ0v) is 49.7. The molecular weight excluding hydrogens is 1150 g/mol. The smallest absolute Gasteiger partial charge is 0.343 e. The molecule has 7 amide bonds. The lowest BCUT2D eigenvalue weighted by molar-refractivity contribution is -0.148. The third-order valence-electron chi connectivity index (χ3n) is 15.3. The molecule has 9 atom stereocenters. The second-order valence-corrected chi connectivity index (χ2v) is 24.9. The van der Waals surface area contributed by atoms with E-state index in [1.807, 2.05) is 0 Å². The maximum absolute atomic E-state index is 14.8. The Kier molecular flexibility index (Phi) is 24.9. The summed E-state index contributed by atoms with van der Waals surface area (Å²) in [5.74, 6) is -13.9. The van der Waals surface area contributed by atoms with Gasteiger partial charge < -0.3 is 61.8 Å². The predicted octanol–water partition coefficient (Wildman–Crippen LogP) is 1.30. The monoisotopic (exact) mass is 1230 g/mol. The van der Waals surface area contributed by atoms with Crippen LogP contribution in [0.15, 0.2) is 33.0 Å². The molecule has 1 unspecified atom stereocenters. The molecule has 0 aliphatic carbocycles. The Hall–Kier alpha value is -6.62. The summed E-state index contributed by atoms with van der Waals surface area (Å²) in [5.41, 5.74) is 1.49. The number of ether oxygens (including phenoxy) is 1. The Morgan fingerprint density at radius 3 is 2.14 bits per heavy atom. The first-order valence-corrected chi connectivity index (χ1v) is 31.0. The van der Waals surface area contributed by atoms with Gasteiger partial charge in [-0.1, -0.05) is 46.6 Å². The van der Waals surface area contributed by atoms with Crippen molar-refractivity contribution in [2.45, 2.75) is 140 Å². The molecule has 458 valence electrons. The highest BCUT2D eigenvalue weighted by molar-refractivity contribution is 8.23. The van der Waals surface area contributed by atoms with Crippen molar-refractivity contribution in [2.24, 2.45) is 23.7 Å². The van der Waals surface area contributed by atoms with E-state index in [-0.39, 0.29) is 91.8 Å². The van der Waals surface area contributed by atoms with Crippen LogP contribution >= 0.6 is 35.3 Å². The van der Waals surface area contributed by atoms with Gasteiger partial charge in [0.2, 0.25) is 35.4 Å². The highest BCUT2D eigenvalue weighted by atomic mass is 32.2. The summed E-state index contributed by atoms with van der Waals surface area (Å²) in [5, 5.41) is 47.2. The number of hydrogen-bond acceptors (Lipinski definition) is 18. The van der Waals surface area contributed by atoms with Crippen LogP contribution in [0.5, 0.6) is 0 Å². The van der Waals surface area contributed by atoms with Crippen molar-refractivity contribution in [1.82, 2.24) is 41.8 Å². The van der Waals surface area contributed by atoms with E-state index < -0.39 is 158 Å². The maximum atomic E-state index is 14.8. The number of amides is 7. The van der Waals surface area contributed by atoms with Gasteiger partial charge in [0.05, 0.1) is 66.8 Å². The molecule has 1 aromatic carbocycles. The summed E-state index contributed by atoms with van der Waals surface area (Å²) in [4.78, 5) is 181. The topological polar surface area (TPSA) is 383 Å². The molecule has 6 rings (SSSR count). The first-order valence-electron chi connectivity index (χ1n) is 28.1. The highest BCUT2D eigenvalue weighted by Gasteiger charge is 2.44. The van der Waals surface area contributed by atoms with E-state index >= 15 is 0 Å². The van der Waals surface area contributed by atoms with E-state index in [2.05, 4.69) is 36.9 Å². The minimum atomic E-state index is -1.59. The average molecular weight is 1230 g/mol. The van der Waals surface area contributed by atoms with E-state index in [1.54, 1.807) is 45.9 Å². The fourth-order valence-electron chi connectivity index (χ4n) is 10.3. The highest BCUT2D eigenvalue weighted by Crippen LogP contribution is 2.39. The molecule has 0 saturated carbocycles. The number of ketones is 4. The minimum absolute atomic E-state index is 0.00684. The van der Waals surface area contributed by atoms with E-state index in [1.165, 1.54) is 0 Å². The number of carboxylic acids is 2. The number of aliphatic hydroxyl groups excluding tert-OH is 1. The van der Waals surface area contributed by atoms with Gasteiger partial charge in [0, 0.05) is 85.7 Å². The molecule has 4 aliphatic rings. The Morgan fingerprint density at radius 1 is 0.762 bits per heavy atom. The second kappa shape index (κ2) is 31.5. The predicted molar refractivity (Wildman–Crippen MR) is 309 cm³/mol. The average Bonchev–Trinajstić information content (AvgIpc) is 3.19. The Morgan fingerprint density at radius 2 is 1.44 bits per heavy atom. The molecule has 4 aliphatic heterocycles. The lowest BCUT2D eigenvalue weighted by Gasteiger charge is -2.31. The first-order chi connectivity index (χ1) is 40.0. The number of nitrogens with zero attached hydrogens (tertiary/aromatic N) is 1. The van der Waals surface area contributed by atoms with E-state index in [4.69, 9.17) is 4.74 Å². The van der Waals surface area contributed by atoms with Gasteiger partial charge in [0.25, 0.3) is 5.91 Å². The molecular formula is C56H74N8O17S3. The van der Waals surface area contributed by atoms with Crippen LogP contribution in [0.25, 0.3) is 10.9 Å². The number of carbonyl (C=O) groups is 13. The molecule has 25 nitrogen and oxygen atoms in total. The molecule has 2 bridgehead atoms. The lowest BCUT2D eigenvalue weighted by Crippen LogP contribution is -2.55. The largest absolute Gasteiger partial charge is 0.481 e. The van der Waals surface area contributed by atoms with Crippen LogP contribution in [0.3, 0.4) is 0 Å². The van der Waals surface area contributed by atoms with Gasteiger partial charge in [-0.2, -0.15) is 0 Å². The summed E-state index contributed by atoms with van der Waals surface area (Å²) in [6, 6.07) is -0.150. The van der Waals surface area contributed by atoms with Crippen LogP contribution in [-0.4, -0.2) is 182 Å². The van der Waals surface area contributed by atoms with Crippen LogP contribution < -0.4 is 31.9 Å². The number of nitrogens with one attached hydrogen (secondary N) is 7. The summed E-state index contributed by atoms with van der Waals surface area (Å²) >= 11 is 3.25. The number of aromatic nitrogens is 1. The second-order valence-electron chi connectivity index (χ2n) is 21.5. The number of aromatic amines is 1. The number of hydrogen-bond donors (Lipinski definition) is 10. The van der Waals surface area contributed by atoms with Crippen molar-refractivity contribution in [2.75, 3.05) is 50.2 Å². The van der Waals surface area contributed by atoms with Gasteiger partial charge in [-0.3, -0.25) is 57.5 Å². The molecule has 84 heavy (non-hydrogen) atoms. The van der Waals surface area contributed by atoms with Crippen LogP contribution in [0.1, 0.15) is 103 Å². The van der Waals surface area contributed by atoms with Crippen LogP contribution in [0.2, 0.25) is 0 Å². The minimum Gasteiger partial charge on any atom is -0.481 e. The maximum Gasteiger partial charge on any atom is 0.343 e. The Bertz CT molecular complexity index is 2910. The molecule has 1 saturated heterocycles. The van der Waals surface area contributed by atoms with Gasteiger partial charge in [-0.15, -0.1) is 35.3 Å². The molecule has 0 spiro atoms. The number of fused-ring (bicyclic) bond motifs is 5. The first kappa shape index (κ1) is 66.5. The number of aliphatic carboxylic acids is 2. The number of H-pyrrole nitrogens is 1.